The van der Waals surface area contributed by atoms with Crippen LogP contribution in [0.3, 0.4) is 0 Å². The fourth-order valence-corrected chi connectivity index (χ4v) is 1.44. The number of carbonyl (C=O) groups excluding carboxylic acids is 2. The summed E-state index contributed by atoms with van der Waals surface area (Å²) in [6, 6.07) is 2.32. The molecule has 0 aliphatic carbocycles. The van der Waals surface area contributed by atoms with E-state index in [9.17, 15) is 19.7 Å². The van der Waals surface area contributed by atoms with Gasteiger partial charge >= 0.3 is 11.7 Å². The third-order valence-electron chi connectivity index (χ3n) is 2.45. The highest BCUT2D eigenvalue weighted by Gasteiger charge is 2.19. The van der Waals surface area contributed by atoms with Crippen molar-refractivity contribution in [3.8, 4) is 0 Å². The summed E-state index contributed by atoms with van der Waals surface area (Å²) in [7, 11) is 1.18. The SMILES string of the molecule is CCCNC(=O)CNc1nc(C(=O)OC)ccc1[N+](=O)[O-]. The molecule has 0 saturated carbocycles. The van der Waals surface area contributed by atoms with Crippen molar-refractivity contribution in [3.05, 3.63) is 27.9 Å². The van der Waals surface area contributed by atoms with Crippen LogP contribution in [-0.4, -0.2) is 42.0 Å². The Morgan fingerprint density at radius 2 is 2.14 bits per heavy atom. The number of ether oxygens (including phenoxy) is 1. The second-order valence-corrected chi connectivity index (χ2v) is 4.02. The van der Waals surface area contributed by atoms with E-state index >= 15 is 0 Å². The number of methoxy groups -OCH3 is 1. The molecular formula is C12H16N4O5. The maximum atomic E-state index is 11.5. The lowest BCUT2D eigenvalue weighted by Crippen LogP contribution is -2.30. The predicted molar refractivity (Wildman–Crippen MR) is 74.0 cm³/mol. The lowest BCUT2D eigenvalue weighted by atomic mass is 10.3. The summed E-state index contributed by atoms with van der Waals surface area (Å²) < 4.78 is 4.49. The minimum atomic E-state index is -0.719. The molecule has 1 aromatic rings. The molecule has 1 aromatic heterocycles. The first-order valence-electron chi connectivity index (χ1n) is 6.24. The van der Waals surface area contributed by atoms with Crippen LogP contribution in [0.2, 0.25) is 0 Å². The number of aromatic nitrogens is 1. The fourth-order valence-electron chi connectivity index (χ4n) is 1.44. The summed E-state index contributed by atoms with van der Waals surface area (Å²) in [5.74, 6) is -1.20. The van der Waals surface area contributed by atoms with E-state index in [0.29, 0.717) is 6.54 Å². The number of nitrogens with one attached hydrogen (secondary N) is 2. The van der Waals surface area contributed by atoms with Gasteiger partial charge in [-0.3, -0.25) is 14.9 Å². The largest absolute Gasteiger partial charge is 0.464 e. The molecule has 1 heterocycles. The number of esters is 1. The molecule has 0 aromatic carbocycles. The zero-order chi connectivity index (χ0) is 15.8. The van der Waals surface area contributed by atoms with E-state index in [4.69, 9.17) is 0 Å². The van der Waals surface area contributed by atoms with E-state index in [1.54, 1.807) is 0 Å². The van der Waals surface area contributed by atoms with Gasteiger partial charge in [-0.05, 0) is 12.5 Å². The molecule has 1 rings (SSSR count). The monoisotopic (exact) mass is 296 g/mol. The average Bonchev–Trinajstić information content (AvgIpc) is 2.49. The molecule has 9 heteroatoms. The van der Waals surface area contributed by atoms with E-state index in [-0.39, 0.29) is 29.7 Å². The molecule has 0 atom stereocenters. The third-order valence-corrected chi connectivity index (χ3v) is 2.45. The molecule has 0 aliphatic heterocycles. The first-order chi connectivity index (χ1) is 9.99. The standard InChI is InChI=1S/C12H16N4O5/c1-3-6-13-10(17)7-14-11-9(16(19)20)5-4-8(15-11)12(18)21-2/h4-5H,3,6-7H2,1-2H3,(H,13,17)(H,14,15). The summed E-state index contributed by atoms with van der Waals surface area (Å²) >= 11 is 0. The van der Waals surface area contributed by atoms with Gasteiger partial charge in [0.15, 0.2) is 5.69 Å². The van der Waals surface area contributed by atoms with Crippen molar-refractivity contribution in [1.29, 1.82) is 0 Å². The molecule has 0 bridgehead atoms. The second-order valence-electron chi connectivity index (χ2n) is 4.02. The van der Waals surface area contributed by atoms with Crippen LogP contribution in [0, 0.1) is 10.1 Å². The molecule has 0 unspecified atom stereocenters. The molecule has 21 heavy (non-hydrogen) atoms. The minimum absolute atomic E-state index is 0.0837. The lowest BCUT2D eigenvalue weighted by Gasteiger charge is -2.08. The molecular weight excluding hydrogens is 280 g/mol. The summed E-state index contributed by atoms with van der Waals surface area (Å²) in [5.41, 5.74) is -0.412. The van der Waals surface area contributed by atoms with E-state index in [2.05, 4.69) is 20.4 Å². The molecule has 0 fully saturated rings. The third kappa shape index (κ3) is 4.71. The van der Waals surface area contributed by atoms with Crippen molar-refractivity contribution in [2.45, 2.75) is 13.3 Å². The zero-order valence-corrected chi connectivity index (χ0v) is 11.7. The Balaban J connectivity index is 2.88. The van der Waals surface area contributed by atoms with Crippen molar-refractivity contribution in [2.24, 2.45) is 0 Å². The number of hydrogen-bond acceptors (Lipinski definition) is 7. The quantitative estimate of drug-likeness (QED) is 0.431. The Morgan fingerprint density at radius 3 is 2.71 bits per heavy atom. The molecule has 2 N–H and O–H groups in total. The van der Waals surface area contributed by atoms with Gasteiger partial charge in [0.1, 0.15) is 0 Å². The average molecular weight is 296 g/mol. The number of hydrogen-bond donors (Lipinski definition) is 2. The molecule has 0 radical (unpaired) electrons. The van der Waals surface area contributed by atoms with Gasteiger partial charge in [-0.15, -0.1) is 0 Å². The van der Waals surface area contributed by atoms with E-state index < -0.39 is 10.9 Å². The molecule has 114 valence electrons. The van der Waals surface area contributed by atoms with Crippen molar-refractivity contribution >= 4 is 23.4 Å². The van der Waals surface area contributed by atoms with Crippen LogP contribution in [0.1, 0.15) is 23.8 Å². The van der Waals surface area contributed by atoms with Gasteiger partial charge in [0.25, 0.3) is 0 Å². The van der Waals surface area contributed by atoms with Crippen molar-refractivity contribution in [3.63, 3.8) is 0 Å². The van der Waals surface area contributed by atoms with Crippen molar-refractivity contribution in [1.82, 2.24) is 10.3 Å². The van der Waals surface area contributed by atoms with Gasteiger partial charge in [-0.25, -0.2) is 9.78 Å². The Kier molecular flexibility index (Phi) is 6.05. The van der Waals surface area contributed by atoms with Crippen LogP contribution in [0.25, 0.3) is 0 Å². The topological polar surface area (TPSA) is 123 Å². The maximum absolute atomic E-state index is 11.5. The highest BCUT2D eigenvalue weighted by atomic mass is 16.6. The van der Waals surface area contributed by atoms with Gasteiger partial charge in [-0.2, -0.15) is 0 Å². The Bertz CT molecular complexity index is 546. The van der Waals surface area contributed by atoms with E-state index in [1.807, 2.05) is 6.92 Å². The fraction of sp³-hybridized carbons (Fsp3) is 0.417. The van der Waals surface area contributed by atoms with Crippen LogP contribution in [0.5, 0.6) is 0 Å². The molecule has 1 amide bonds. The van der Waals surface area contributed by atoms with Gasteiger partial charge in [0.05, 0.1) is 18.6 Å². The summed E-state index contributed by atoms with van der Waals surface area (Å²) in [5, 5.41) is 16.1. The molecule has 9 nitrogen and oxygen atoms in total. The molecule has 0 saturated heterocycles. The predicted octanol–water partition coefficient (Wildman–Crippen LogP) is 0.714. The van der Waals surface area contributed by atoms with Crippen LogP contribution < -0.4 is 10.6 Å². The number of pyridine rings is 1. The smallest absolute Gasteiger partial charge is 0.356 e. The van der Waals surface area contributed by atoms with Crippen LogP contribution in [-0.2, 0) is 9.53 Å². The summed E-state index contributed by atoms with van der Waals surface area (Å²) in [6.07, 6.45) is 0.780. The normalized spacial score (nSPS) is 9.81. The molecule has 0 spiro atoms. The highest BCUT2D eigenvalue weighted by Crippen LogP contribution is 2.22. The van der Waals surface area contributed by atoms with Gasteiger partial charge < -0.3 is 15.4 Å². The van der Waals surface area contributed by atoms with Crippen LogP contribution >= 0.6 is 0 Å². The number of nitrogens with zero attached hydrogens (tertiary/aromatic N) is 2. The first kappa shape index (κ1) is 16.3. The van der Waals surface area contributed by atoms with Crippen LogP contribution in [0.4, 0.5) is 11.5 Å². The van der Waals surface area contributed by atoms with E-state index in [0.717, 1.165) is 12.5 Å². The molecule has 0 aliphatic rings. The number of carbonyl (C=O) groups is 2. The Morgan fingerprint density at radius 1 is 1.43 bits per heavy atom. The number of anilines is 1. The Labute approximate surface area is 120 Å². The van der Waals surface area contributed by atoms with Crippen LogP contribution in [0.15, 0.2) is 12.1 Å². The number of rotatable bonds is 7. The zero-order valence-electron chi connectivity index (χ0n) is 11.7. The van der Waals surface area contributed by atoms with Crippen molar-refractivity contribution < 1.29 is 19.2 Å². The first-order valence-corrected chi connectivity index (χ1v) is 6.24. The van der Waals surface area contributed by atoms with Gasteiger partial charge in [-0.1, -0.05) is 6.92 Å². The number of nitro groups is 1. The van der Waals surface area contributed by atoms with E-state index in [1.165, 1.54) is 13.2 Å². The minimum Gasteiger partial charge on any atom is -0.464 e. The van der Waals surface area contributed by atoms with Crippen molar-refractivity contribution in [2.75, 3.05) is 25.5 Å². The number of amides is 1. The maximum Gasteiger partial charge on any atom is 0.356 e. The van der Waals surface area contributed by atoms with Gasteiger partial charge in [0, 0.05) is 12.6 Å². The lowest BCUT2D eigenvalue weighted by molar-refractivity contribution is -0.384. The summed E-state index contributed by atoms with van der Waals surface area (Å²) in [6.45, 7) is 2.23. The van der Waals surface area contributed by atoms with Gasteiger partial charge in [0.2, 0.25) is 11.7 Å². The summed E-state index contributed by atoms with van der Waals surface area (Å²) in [4.78, 5) is 36.9. The Hall–Kier alpha value is -2.71. The highest BCUT2D eigenvalue weighted by molar-refractivity contribution is 5.88. The second kappa shape index (κ2) is 7.78.